The molecule has 0 aliphatic carbocycles. The maximum Gasteiger partial charge on any atom is 0.257 e. The molecule has 4 aromatic rings. The number of aromatic nitrogens is 2. The van der Waals surface area contributed by atoms with Gasteiger partial charge in [0.1, 0.15) is 11.6 Å². The summed E-state index contributed by atoms with van der Waals surface area (Å²) in [5, 5.41) is 6.58. The number of nitrogens with zero attached hydrogens (tertiary/aromatic N) is 1. The number of carbonyl (C=O) groups is 1. The van der Waals surface area contributed by atoms with Gasteiger partial charge in [0.2, 0.25) is 0 Å². The predicted molar refractivity (Wildman–Crippen MR) is 128 cm³/mol. The molecule has 156 valence electrons. The van der Waals surface area contributed by atoms with Crippen LogP contribution in [0.4, 0.5) is 5.69 Å². The molecule has 1 amide bonds. The zero-order valence-electron chi connectivity index (χ0n) is 16.8. The number of aromatic amines is 1. The second kappa shape index (κ2) is 8.75. The lowest BCUT2D eigenvalue weighted by Gasteiger charge is -2.10. The molecule has 4 rings (SSSR count). The first kappa shape index (κ1) is 20.8. The first-order valence-electron chi connectivity index (χ1n) is 9.45. The van der Waals surface area contributed by atoms with Gasteiger partial charge in [-0.25, -0.2) is 4.98 Å². The second-order valence-electron chi connectivity index (χ2n) is 6.92. The smallest absolute Gasteiger partial charge is 0.257 e. The molecule has 0 fully saturated rings. The topological polar surface area (TPSA) is 79.0 Å². The first-order valence-corrected chi connectivity index (χ1v) is 10.2. The predicted octanol–water partition coefficient (Wildman–Crippen LogP) is 5.33. The third kappa shape index (κ3) is 4.68. The van der Waals surface area contributed by atoms with Crippen LogP contribution in [0.25, 0.3) is 22.4 Å². The van der Waals surface area contributed by atoms with Crippen molar-refractivity contribution in [2.45, 2.75) is 6.92 Å². The van der Waals surface area contributed by atoms with Crippen molar-refractivity contribution in [3.8, 4) is 17.1 Å². The van der Waals surface area contributed by atoms with Crippen LogP contribution in [-0.2, 0) is 0 Å². The van der Waals surface area contributed by atoms with Gasteiger partial charge in [0.15, 0.2) is 5.11 Å². The molecule has 1 heterocycles. The van der Waals surface area contributed by atoms with Crippen molar-refractivity contribution in [1.82, 2.24) is 15.3 Å². The van der Waals surface area contributed by atoms with Gasteiger partial charge in [-0.05, 0) is 85.4 Å². The van der Waals surface area contributed by atoms with E-state index in [4.69, 9.17) is 28.6 Å². The molecule has 1 aromatic heterocycles. The Morgan fingerprint density at radius 1 is 1.10 bits per heavy atom. The lowest BCUT2D eigenvalue weighted by Crippen LogP contribution is -2.34. The normalized spacial score (nSPS) is 10.7. The van der Waals surface area contributed by atoms with Crippen molar-refractivity contribution in [3.05, 3.63) is 76.8 Å². The van der Waals surface area contributed by atoms with Crippen LogP contribution < -0.4 is 15.4 Å². The van der Waals surface area contributed by atoms with Crippen molar-refractivity contribution < 1.29 is 9.53 Å². The average molecular weight is 451 g/mol. The molecule has 0 saturated heterocycles. The van der Waals surface area contributed by atoms with Gasteiger partial charge in [-0.15, -0.1) is 0 Å². The highest BCUT2D eigenvalue weighted by Crippen LogP contribution is 2.26. The van der Waals surface area contributed by atoms with Gasteiger partial charge in [-0.3, -0.25) is 10.1 Å². The maximum absolute atomic E-state index is 12.3. The minimum absolute atomic E-state index is 0.211. The minimum Gasteiger partial charge on any atom is -0.497 e. The Labute approximate surface area is 189 Å². The van der Waals surface area contributed by atoms with Gasteiger partial charge in [0.05, 0.1) is 18.1 Å². The molecule has 0 aliphatic rings. The lowest BCUT2D eigenvalue weighted by molar-refractivity contribution is 0.0977. The van der Waals surface area contributed by atoms with E-state index in [-0.39, 0.29) is 11.0 Å². The Bertz CT molecular complexity index is 1230. The van der Waals surface area contributed by atoms with Crippen LogP contribution in [0.3, 0.4) is 0 Å². The van der Waals surface area contributed by atoms with E-state index in [1.807, 2.05) is 43.3 Å². The van der Waals surface area contributed by atoms with Gasteiger partial charge in [0.25, 0.3) is 5.91 Å². The fraction of sp³-hybridized carbons (Fsp3) is 0.0870. The van der Waals surface area contributed by atoms with E-state index in [9.17, 15) is 4.79 Å². The van der Waals surface area contributed by atoms with Crippen molar-refractivity contribution >= 4 is 51.6 Å². The number of thiocarbonyl (C=S) groups is 1. The molecule has 3 N–H and O–H groups in total. The molecule has 3 aromatic carbocycles. The number of carbonyl (C=O) groups excluding carboxylic acids is 1. The molecule has 0 aliphatic heterocycles. The van der Waals surface area contributed by atoms with Crippen molar-refractivity contribution in [1.29, 1.82) is 0 Å². The van der Waals surface area contributed by atoms with E-state index in [2.05, 4.69) is 20.6 Å². The van der Waals surface area contributed by atoms with Crippen LogP contribution in [0.5, 0.6) is 5.75 Å². The molecule has 0 unspecified atom stereocenters. The summed E-state index contributed by atoms with van der Waals surface area (Å²) < 4.78 is 5.10. The molecule has 0 spiro atoms. The first-order chi connectivity index (χ1) is 14.9. The summed E-state index contributed by atoms with van der Waals surface area (Å²) in [7, 11) is 1.57. The number of ether oxygens (including phenoxy) is 1. The Hall–Kier alpha value is -3.42. The number of rotatable bonds is 4. The number of imidazole rings is 1. The molecule has 0 saturated carbocycles. The number of fused-ring (bicyclic) bond motifs is 1. The van der Waals surface area contributed by atoms with E-state index in [0.717, 1.165) is 33.7 Å². The van der Waals surface area contributed by atoms with Crippen LogP contribution in [0, 0.1) is 6.92 Å². The molecular weight excluding hydrogens is 432 g/mol. The average Bonchev–Trinajstić information content (AvgIpc) is 3.17. The highest BCUT2D eigenvalue weighted by atomic mass is 35.5. The van der Waals surface area contributed by atoms with Gasteiger partial charge in [0, 0.05) is 21.8 Å². The fourth-order valence-corrected chi connectivity index (χ4v) is 3.44. The molecule has 0 radical (unpaired) electrons. The van der Waals surface area contributed by atoms with E-state index in [0.29, 0.717) is 16.3 Å². The molecule has 31 heavy (non-hydrogen) atoms. The summed E-state index contributed by atoms with van der Waals surface area (Å²) >= 11 is 11.4. The molecular formula is C23H19ClN4O2S. The zero-order chi connectivity index (χ0) is 22.0. The summed E-state index contributed by atoms with van der Waals surface area (Å²) in [6, 6.07) is 18.2. The number of halogens is 1. The fourth-order valence-electron chi connectivity index (χ4n) is 3.07. The summed E-state index contributed by atoms with van der Waals surface area (Å²) in [5.74, 6) is 1.13. The van der Waals surface area contributed by atoms with Gasteiger partial charge < -0.3 is 15.0 Å². The van der Waals surface area contributed by atoms with Crippen LogP contribution >= 0.6 is 23.8 Å². The standard InChI is InChI=1S/C23H19ClN4O2S/c1-13-11-19-20(12-18(13)24)27-21(26-19)14-3-7-16(8-4-14)25-23(31)28-22(29)15-5-9-17(30-2)10-6-15/h3-12H,1-2H3,(H,26,27)(H2,25,28,29,31). The van der Waals surface area contributed by atoms with Gasteiger partial charge >= 0.3 is 0 Å². The van der Waals surface area contributed by atoms with Crippen molar-refractivity contribution in [2.24, 2.45) is 0 Å². The van der Waals surface area contributed by atoms with Gasteiger partial charge in [-0.1, -0.05) is 11.6 Å². The number of H-pyrrole nitrogens is 1. The largest absolute Gasteiger partial charge is 0.497 e. The number of amides is 1. The van der Waals surface area contributed by atoms with Crippen LogP contribution in [0.1, 0.15) is 15.9 Å². The Balaban J connectivity index is 1.42. The van der Waals surface area contributed by atoms with Crippen LogP contribution in [-0.4, -0.2) is 28.1 Å². The summed E-state index contributed by atoms with van der Waals surface area (Å²) in [6.45, 7) is 1.96. The van der Waals surface area contributed by atoms with E-state index < -0.39 is 0 Å². The summed E-state index contributed by atoms with van der Waals surface area (Å²) in [5.41, 5.74) is 4.90. The maximum atomic E-state index is 12.3. The Morgan fingerprint density at radius 3 is 2.48 bits per heavy atom. The summed E-state index contributed by atoms with van der Waals surface area (Å²) in [4.78, 5) is 20.2. The molecule has 0 bridgehead atoms. The number of hydrogen-bond acceptors (Lipinski definition) is 4. The number of methoxy groups -OCH3 is 1. The van der Waals surface area contributed by atoms with E-state index >= 15 is 0 Å². The zero-order valence-corrected chi connectivity index (χ0v) is 18.4. The quantitative estimate of drug-likeness (QED) is 0.366. The van der Waals surface area contributed by atoms with E-state index in [1.165, 1.54) is 0 Å². The number of hydrogen-bond donors (Lipinski definition) is 3. The second-order valence-corrected chi connectivity index (χ2v) is 7.73. The highest BCUT2D eigenvalue weighted by Gasteiger charge is 2.10. The molecule has 6 nitrogen and oxygen atoms in total. The minimum atomic E-state index is -0.298. The number of aryl methyl sites for hydroxylation is 1. The number of benzene rings is 3. The van der Waals surface area contributed by atoms with Crippen molar-refractivity contribution in [3.63, 3.8) is 0 Å². The SMILES string of the molecule is COc1ccc(C(=O)NC(=S)Nc2ccc(-c3nc4cc(Cl)c(C)cc4[nH]3)cc2)cc1. The van der Waals surface area contributed by atoms with Crippen LogP contribution in [0.2, 0.25) is 5.02 Å². The van der Waals surface area contributed by atoms with E-state index in [1.54, 1.807) is 31.4 Å². The summed E-state index contributed by atoms with van der Waals surface area (Å²) in [6.07, 6.45) is 0. The Morgan fingerprint density at radius 2 is 1.81 bits per heavy atom. The number of anilines is 1. The third-order valence-corrected chi connectivity index (χ3v) is 5.37. The van der Waals surface area contributed by atoms with Crippen molar-refractivity contribution in [2.75, 3.05) is 12.4 Å². The number of nitrogens with one attached hydrogen (secondary N) is 3. The van der Waals surface area contributed by atoms with Gasteiger partial charge in [-0.2, -0.15) is 0 Å². The third-order valence-electron chi connectivity index (χ3n) is 4.76. The lowest BCUT2D eigenvalue weighted by atomic mass is 10.2. The van der Waals surface area contributed by atoms with Crippen LogP contribution in [0.15, 0.2) is 60.7 Å². The molecule has 8 heteroatoms. The highest BCUT2D eigenvalue weighted by molar-refractivity contribution is 7.80. The molecule has 0 atom stereocenters. The Kier molecular flexibility index (Phi) is 5.88. The monoisotopic (exact) mass is 450 g/mol.